The van der Waals surface area contributed by atoms with Gasteiger partial charge >= 0.3 is 0 Å². The van der Waals surface area contributed by atoms with Crippen molar-refractivity contribution in [2.75, 3.05) is 17.6 Å². The van der Waals surface area contributed by atoms with E-state index in [9.17, 15) is 0 Å². The third-order valence-corrected chi connectivity index (χ3v) is 1.92. The van der Waals surface area contributed by atoms with Gasteiger partial charge in [-0.1, -0.05) is 19.8 Å². The first-order valence-electron chi connectivity index (χ1n) is 4.80. The molecule has 0 aliphatic rings. The van der Waals surface area contributed by atoms with Crippen LogP contribution in [0.2, 0.25) is 0 Å². The molecule has 0 saturated heterocycles. The van der Waals surface area contributed by atoms with Crippen LogP contribution >= 0.6 is 0 Å². The van der Waals surface area contributed by atoms with Crippen LogP contribution in [0.4, 0.5) is 11.6 Å². The number of nitrogen functional groups attached to an aromatic ring is 1. The highest BCUT2D eigenvalue weighted by molar-refractivity contribution is 5.56. The summed E-state index contributed by atoms with van der Waals surface area (Å²) >= 11 is 0. The molecule has 4 nitrogen and oxygen atoms in total. The first-order chi connectivity index (χ1) is 6.24. The van der Waals surface area contributed by atoms with E-state index in [1.54, 1.807) is 0 Å². The molecule has 1 aromatic heterocycles. The van der Waals surface area contributed by atoms with Crippen LogP contribution in [0.3, 0.4) is 0 Å². The number of aryl methyl sites for hydroxylation is 1. The number of aromatic nitrogens is 2. The fourth-order valence-electron chi connectivity index (χ4n) is 1.23. The molecule has 4 N–H and O–H groups in total. The fraction of sp³-hybridized carbons (Fsp3) is 0.667. The summed E-state index contributed by atoms with van der Waals surface area (Å²) in [5, 5.41) is 3.20. The zero-order valence-electron chi connectivity index (χ0n) is 8.35. The van der Waals surface area contributed by atoms with E-state index in [0.717, 1.165) is 18.2 Å². The second-order valence-corrected chi connectivity index (χ2v) is 3.22. The number of aromatic amines is 1. The lowest BCUT2D eigenvalue weighted by molar-refractivity contribution is 0.742. The van der Waals surface area contributed by atoms with E-state index in [0.29, 0.717) is 5.82 Å². The maximum absolute atomic E-state index is 5.68. The zero-order valence-corrected chi connectivity index (χ0v) is 8.35. The Morgan fingerprint density at radius 2 is 2.23 bits per heavy atom. The monoisotopic (exact) mass is 182 g/mol. The minimum Gasteiger partial charge on any atom is -0.382 e. The number of unbranched alkanes of at least 4 members (excludes halogenated alkanes) is 2. The average molecular weight is 182 g/mol. The summed E-state index contributed by atoms with van der Waals surface area (Å²) in [4.78, 5) is 7.17. The number of nitrogens with two attached hydrogens (primary N) is 1. The van der Waals surface area contributed by atoms with Gasteiger partial charge in [-0.15, -0.1) is 0 Å². The van der Waals surface area contributed by atoms with Crippen molar-refractivity contribution in [2.45, 2.75) is 33.1 Å². The maximum Gasteiger partial charge on any atom is 0.168 e. The van der Waals surface area contributed by atoms with Crippen LogP contribution in [0.1, 0.15) is 32.0 Å². The molecule has 1 heterocycles. The van der Waals surface area contributed by atoms with Crippen molar-refractivity contribution in [3.63, 3.8) is 0 Å². The molecule has 0 aliphatic carbocycles. The lowest BCUT2D eigenvalue weighted by Gasteiger charge is -2.02. The Morgan fingerprint density at radius 1 is 1.46 bits per heavy atom. The van der Waals surface area contributed by atoms with Gasteiger partial charge in [0.25, 0.3) is 0 Å². The Hall–Kier alpha value is -1.19. The SMILES string of the molecule is CCCCCNc1nc(C)[nH]c1N. The highest BCUT2D eigenvalue weighted by Crippen LogP contribution is 2.13. The van der Waals surface area contributed by atoms with Crippen LogP contribution in [0.25, 0.3) is 0 Å². The number of imidazole rings is 1. The number of nitrogens with one attached hydrogen (secondary N) is 2. The first kappa shape index (κ1) is 9.89. The molecule has 4 heteroatoms. The molecule has 1 aromatic rings. The molecule has 0 atom stereocenters. The lowest BCUT2D eigenvalue weighted by atomic mass is 10.2. The number of rotatable bonds is 5. The molecule has 0 spiro atoms. The smallest absolute Gasteiger partial charge is 0.168 e. The molecule has 0 amide bonds. The molecule has 0 aliphatic heterocycles. The molecule has 0 aromatic carbocycles. The van der Waals surface area contributed by atoms with Gasteiger partial charge in [-0.2, -0.15) is 0 Å². The van der Waals surface area contributed by atoms with Gasteiger partial charge in [0.05, 0.1) is 0 Å². The summed E-state index contributed by atoms with van der Waals surface area (Å²) in [7, 11) is 0. The molecule has 13 heavy (non-hydrogen) atoms. The maximum atomic E-state index is 5.68. The molecule has 1 rings (SSSR count). The summed E-state index contributed by atoms with van der Waals surface area (Å²) in [6.45, 7) is 5.03. The van der Waals surface area contributed by atoms with Gasteiger partial charge in [-0.05, 0) is 13.3 Å². The molecule has 0 unspecified atom stereocenters. The molecular weight excluding hydrogens is 164 g/mol. The van der Waals surface area contributed by atoms with Crippen molar-refractivity contribution in [1.29, 1.82) is 0 Å². The van der Waals surface area contributed by atoms with E-state index in [2.05, 4.69) is 22.2 Å². The Labute approximate surface area is 78.9 Å². The number of hydrogen-bond donors (Lipinski definition) is 3. The topological polar surface area (TPSA) is 66.7 Å². The predicted molar refractivity (Wildman–Crippen MR) is 55.8 cm³/mol. The third-order valence-electron chi connectivity index (χ3n) is 1.92. The Morgan fingerprint density at radius 3 is 2.77 bits per heavy atom. The van der Waals surface area contributed by atoms with Crippen LogP contribution < -0.4 is 11.1 Å². The van der Waals surface area contributed by atoms with Gasteiger partial charge in [0, 0.05) is 6.54 Å². The lowest BCUT2D eigenvalue weighted by Crippen LogP contribution is -2.03. The Bertz CT molecular complexity index is 254. The third kappa shape index (κ3) is 2.97. The molecular formula is C9H18N4. The van der Waals surface area contributed by atoms with Crippen LogP contribution in [0, 0.1) is 6.92 Å². The summed E-state index contributed by atoms with van der Waals surface area (Å²) < 4.78 is 0. The van der Waals surface area contributed by atoms with Gasteiger partial charge in [-0.3, -0.25) is 0 Å². The zero-order chi connectivity index (χ0) is 9.68. The van der Waals surface area contributed by atoms with Crippen molar-refractivity contribution < 1.29 is 0 Å². The highest BCUT2D eigenvalue weighted by Gasteiger charge is 2.02. The highest BCUT2D eigenvalue weighted by atomic mass is 15.1. The number of hydrogen-bond acceptors (Lipinski definition) is 3. The van der Waals surface area contributed by atoms with Crippen LogP contribution in [-0.2, 0) is 0 Å². The van der Waals surface area contributed by atoms with E-state index < -0.39 is 0 Å². The molecule has 0 radical (unpaired) electrons. The second-order valence-electron chi connectivity index (χ2n) is 3.22. The van der Waals surface area contributed by atoms with Crippen LogP contribution in [0.5, 0.6) is 0 Å². The Kier molecular flexibility index (Phi) is 3.61. The van der Waals surface area contributed by atoms with Gasteiger partial charge in [0.1, 0.15) is 11.6 Å². The molecule has 0 bridgehead atoms. The van der Waals surface area contributed by atoms with Crippen molar-refractivity contribution >= 4 is 11.6 Å². The fourth-order valence-corrected chi connectivity index (χ4v) is 1.23. The Balaban J connectivity index is 2.32. The molecule has 0 fully saturated rings. The molecule has 0 saturated carbocycles. The van der Waals surface area contributed by atoms with Crippen LogP contribution in [-0.4, -0.2) is 16.5 Å². The first-order valence-corrected chi connectivity index (χ1v) is 4.80. The second kappa shape index (κ2) is 4.74. The number of H-pyrrole nitrogens is 1. The van der Waals surface area contributed by atoms with Crippen molar-refractivity contribution in [3.05, 3.63) is 5.82 Å². The summed E-state index contributed by atoms with van der Waals surface area (Å²) in [5.41, 5.74) is 5.68. The van der Waals surface area contributed by atoms with E-state index in [4.69, 9.17) is 5.73 Å². The summed E-state index contributed by atoms with van der Waals surface area (Å²) in [5.74, 6) is 2.28. The van der Waals surface area contributed by atoms with Gasteiger partial charge < -0.3 is 16.0 Å². The minimum atomic E-state index is 0.633. The van der Waals surface area contributed by atoms with E-state index in [-0.39, 0.29) is 0 Å². The average Bonchev–Trinajstić information content (AvgIpc) is 2.39. The van der Waals surface area contributed by atoms with Crippen LogP contribution in [0.15, 0.2) is 0 Å². The van der Waals surface area contributed by atoms with E-state index >= 15 is 0 Å². The van der Waals surface area contributed by atoms with Crippen molar-refractivity contribution in [2.24, 2.45) is 0 Å². The van der Waals surface area contributed by atoms with Gasteiger partial charge in [0.2, 0.25) is 0 Å². The largest absolute Gasteiger partial charge is 0.382 e. The van der Waals surface area contributed by atoms with Gasteiger partial charge in [0.15, 0.2) is 5.82 Å². The predicted octanol–water partition coefficient (Wildman–Crippen LogP) is 1.90. The van der Waals surface area contributed by atoms with E-state index in [1.165, 1.54) is 19.3 Å². The normalized spacial score (nSPS) is 10.3. The van der Waals surface area contributed by atoms with Crippen molar-refractivity contribution in [1.82, 2.24) is 9.97 Å². The summed E-state index contributed by atoms with van der Waals surface area (Å²) in [6, 6.07) is 0. The van der Waals surface area contributed by atoms with E-state index in [1.807, 2.05) is 6.92 Å². The minimum absolute atomic E-state index is 0.633. The summed E-state index contributed by atoms with van der Waals surface area (Å²) in [6.07, 6.45) is 3.65. The number of nitrogens with zero attached hydrogens (tertiary/aromatic N) is 1. The standard InChI is InChI=1S/C9H18N4/c1-3-4-5-6-11-9-8(10)12-7(2)13-9/h11H,3-6,10H2,1-2H3,(H,12,13). The molecule has 74 valence electrons. The quantitative estimate of drug-likeness (QED) is 0.609. The number of anilines is 2. The van der Waals surface area contributed by atoms with Gasteiger partial charge in [-0.25, -0.2) is 4.98 Å². The van der Waals surface area contributed by atoms with Crippen molar-refractivity contribution in [3.8, 4) is 0 Å².